The maximum atomic E-state index is 13.1. The molecule has 0 fully saturated rings. The monoisotopic (exact) mass is 361 g/mol. The molecule has 0 saturated heterocycles. The first kappa shape index (κ1) is 19.0. The number of nitrogens with zero attached hydrogens (tertiary/aromatic N) is 1. The Bertz CT molecular complexity index is 870. The molecule has 140 valence electrons. The third kappa shape index (κ3) is 4.88. The van der Waals surface area contributed by atoms with Crippen molar-refractivity contribution in [2.24, 2.45) is 0 Å². The van der Waals surface area contributed by atoms with E-state index >= 15 is 0 Å². The molecule has 3 aromatic rings. The minimum Gasteiger partial charge on any atom is -0.467 e. The van der Waals surface area contributed by atoms with Crippen molar-refractivity contribution in [3.8, 4) is 0 Å². The highest BCUT2D eigenvalue weighted by Gasteiger charge is 2.19. The molecule has 3 nitrogen and oxygen atoms in total. The molecule has 0 spiro atoms. The van der Waals surface area contributed by atoms with Crippen molar-refractivity contribution in [3.63, 3.8) is 0 Å². The summed E-state index contributed by atoms with van der Waals surface area (Å²) in [5, 5.41) is 0. The lowest BCUT2D eigenvalue weighted by Gasteiger charge is -2.23. The van der Waals surface area contributed by atoms with E-state index in [2.05, 4.69) is 45.0 Å². The molecular formula is C24H27NO2. The number of furan rings is 1. The Hall–Kier alpha value is -2.81. The number of benzene rings is 2. The SMILES string of the molecule is Cc1ccc(C(=O)N(Cc2ccc(C(C)(C)C)cc2)Cc2ccco2)cc1. The second-order valence-corrected chi connectivity index (χ2v) is 8.05. The van der Waals surface area contributed by atoms with Gasteiger partial charge in [-0.2, -0.15) is 0 Å². The number of amides is 1. The van der Waals surface area contributed by atoms with Crippen molar-refractivity contribution in [2.45, 2.75) is 46.2 Å². The summed E-state index contributed by atoms with van der Waals surface area (Å²) >= 11 is 0. The zero-order valence-electron chi connectivity index (χ0n) is 16.5. The fourth-order valence-corrected chi connectivity index (χ4v) is 3.00. The van der Waals surface area contributed by atoms with Crippen LogP contribution in [0.1, 0.15) is 53.6 Å². The Morgan fingerprint density at radius 2 is 1.59 bits per heavy atom. The highest BCUT2D eigenvalue weighted by atomic mass is 16.3. The first-order chi connectivity index (χ1) is 12.8. The minimum absolute atomic E-state index is 0.00583. The summed E-state index contributed by atoms with van der Waals surface area (Å²) in [6, 6.07) is 20.0. The normalized spacial score (nSPS) is 11.4. The predicted molar refractivity (Wildman–Crippen MR) is 109 cm³/mol. The Morgan fingerprint density at radius 1 is 0.926 bits per heavy atom. The number of rotatable bonds is 5. The van der Waals surface area contributed by atoms with Gasteiger partial charge in [0.2, 0.25) is 0 Å². The van der Waals surface area contributed by atoms with Gasteiger partial charge in [0, 0.05) is 12.1 Å². The summed E-state index contributed by atoms with van der Waals surface area (Å²) in [4.78, 5) is 14.9. The average molecular weight is 361 g/mol. The van der Waals surface area contributed by atoms with Gasteiger partial charge in [0.25, 0.3) is 5.91 Å². The molecule has 27 heavy (non-hydrogen) atoms. The number of carbonyl (C=O) groups excluding carboxylic acids is 1. The third-order valence-electron chi connectivity index (χ3n) is 4.71. The number of aryl methyl sites for hydroxylation is 1. The molecule has 0 bridgehead atoms. The van der Waals surface area contributed by atoms with Crippen molar-refractivity contribution in [3.05, 3.63) is 94.9 Å². The van der Waals surface area contributed by atoms with E-state index < -0.39 is 0 Å². The number of carbonyl (C=O) groups is 1. The predicted octanol–water partition coefficient (Wildman–Crippen LogP) is 5.73. The number of hydrogen-bond donors (Lipinski definition) is 0. The molecule has 0 N–H and O–H groups in total. The van der Waals surface area contributed by atoms with Crippen LogP contribution in [0.15, 0.2) is 71.3 Å². The maximum Gasteiger partial charge on any atom is 0.254 e. The summed E-state index contributed by atoms with van der Waals surface area (Å²) in [6.45, 7) is 9.61. The van der Waals surface area contributed by atoms with Crippen molar-refractivity contribution in [2.75, 3.05) is 0 Å². The molecule has 0 radical (unpaired) electrons. The largest absolute Gasteiger partial charge is 0.467 e. The summed E-state index contributed by atoms with van der Waals surface area (Å²) in [5.74, 6) is 0.785. The van der Waals surface area contributed by atoms with Gasteiger partial charge in [-0.05, 0) is 47.7 Å². The summed E-state index contributed by atoms with van der Waals surface area (Å²) in [7, 11) is 0. The van der Waals surface area contributed by atoms with Crippen molar-refractivity contribution < 1.29 is 9.21 Å². The van der Waals surface area contributed by atoms with Gasteiger partial charge >= 0.3 is 0 Å². The van der Waals surface area contributed by atoms with Crippen LogP contribution in [0.2, 0.25) is 0 Å². The molecule has 1 amide bonds. The molecule has 0 aliphatic rings. The van der Waals surface area contributed by atoms with E-state index in [1.54, 1.807) is 6.26 Å². The van der Waals surface area contributed by atoms with Crippen LogP contribution in [0.5, 0.6) is 0 Å². The molecule has 3 rings (SSSR count). The van der Waals surface area contributed by atoms with Crippen molar-refractivity contribution >= 4 is 5.91 Å². The van der Waals surface area contributed by atoms with Gasteiger partial charge in [-0.15, -0.1) is 0 Å². The van der Waals surface area contributed by atoms with E-state index in [0.717, 1.165) is 16.9 Å². The Balaban J connectivity index is 1.83. The Kier molecular flexibility index (Phi) is 5.50. The summed E-state index contributed by atoms with van der Waals surface area (Å²) in [5.41, 5.74) is 4.34. The van der Waals surface area contributed by atoms with Gasteiger partial charge in [-0.1, -0.05) is 62.7 Å². The van der Waals surface area contributed by atoms with Crippen LogP contribution in [0, 0.1) is 6.92 Å². The van der Waals surface area contributed by atoms with E-state index in [4.69, 9.17) is 4.42 Å². The van der Waals surface area contributed by atoms with Crippen LogP contribution in [0.25, 0.3) is 0 Å². The third-order valence-corrected chi connectivity index (χ3v) is 4.71. The average Bonchev–Trinajstić information content (AvgIpc) is 3.14. The van der Waals surface area contributed by atoms with E-state index in [-0.39, 0.29) is 11.3 Å². The van der Waals surface area contributed by atoms with E-state index in [0.29, 0.717) is 18.7 Å². The quantitative estimate of drug-likeness (QED) is 0.581. The standard InChI is InChI=1S/C24H27NO2/c1-18-7-11-20(12-8-18)23(26)25(17-22-6-5-15-27-22)16-19-9-13-21(14-10-19)24(2,3)4/h5-15H,16-17H2,1-4H3. The molecule has 0 aliphatic carbocycles. The molecular weight excluding hydrogens is 334 g/mol. The Morgan fingerprint density at radius 3 is 2.15 bits per heavy atom. The van der Waals surface area contributed by atoms with Crippen LogP contribution in [-0.4, -0.2) is 10.8 Å². The van der Waals surface area contributed by atoms with Gasteiger partial charge in [-0.25, -0.2) is 0 Å². The second kappa shape index (κ2) is 7.83. The molecule has 3 heteroatoms. The van der Waals surface area contributed by atoms with Crippen LogP contribution >= 0.6 is 0 Å². The van der Waals surface area contributed by atoms with Gasteiger partial charge in [0.15, 0.2) is 0 Å². The Labute approximate surface area is 161 Å². The first-order valence-electron chi connectivity index (χ1n) is 9.31. The van der Waals surface area contributed by atoms with Gasteiger partial charge in [0.05, 0.1) is 12.8 Å². The maximum absolute atomic E-state index is 13.1. The topological polar surface area (TPSA) is 33.5 Å². The van der Waals surface area contributed by atoms with E-state index in [1.807, 2.05) is 48.2 Å². The zero-order chi connectivity index (χ0) is 19.4. The molecule has 0 aliphatic heterocycles. The lowest BCUT2D eigenvalue weighted by atomic mass is 9.87. The zero-order valence-corrected chi connectivity index (χ0v) is 16.5. The second-order valence-electron chi connectivity index (χ2n) is 8.05. The minimum atomic E-state index is 0.00583. The van der Waals surface area contributed by atoms with Gasteiger partial charge in [-0.3, -0.25) is 4.79 Å². The fourth-order valence-electron chi connectivity index (χ4n) is 3.00. The molecule has 0 saturated carbocycles. The molecule has 1 aromatic heterocycles. The van der Waals surface area contributed by atoms with Crippen LogP contribution < -0.4 is 0 Å². The highest BCUT2D eigenvalue weighted by Crippen LogP contribution is 2.23. The van der Waals surface area contributed by atoms with Crippen molar-refractivity contribution in [1.29, 1.82) is 0 Å². The van der Waals surface area contributed by atoms with E-state index in [9.17, 15) is 4.79 Å². The summed E-state index contributed by atoms with van der Waals surface area (Å²) < 4.78 is 5.48. The van der Waals surface area contributed by atoms with E-state index in [1.165, 1.54) is 5.56 Å². The number of hydrogen-bond acceptors (Lipinski definition) is 2. The molecule has 1 heterocycles. The lowest BCUT2D eigenvalue weighted by Crippen LogP contribution is -2.30. The van der Waals surface area contributed by atoms with Crippen LogP contribution in [0.3, 0.4) is 0 Å². The lowest BCUT2D eigenvalue weighted by molar-refractivity contribution is 0.0717. The van der Waals surface area contributed by atoms with Crippen LogP contribution in [0.4, 0.5) is 0 Å². The highest BCUT2D eigenvalue weighted by molar-refractivity contribution is 5.94. The fraction of sp³-hybridized carbons (Fsp3) is 0.292. The smallest absolute Gasteiger partial charge is 0.254 e. The van der Waals surface area contributed by atoms with Crippen molar-refractivity contribution in [1.82, 2.24) is 4.90 Å². The van der Waals surface area contributed by atoms with Gasteiger partial charge in [0.1, 0.15) is 5.76 Å². The summed E-state index contributed by atoms with van der Waals surface area (Å²) in [6.07, 6.45) is 1.64. The molecule has 0 unspecified atom stereocenters. The molecule has 2 aromatic carbocycles. The first-order valence-corrected chi connectivity index (χ1v) is 9.31. The van der Waals surface area contributed by atoms with Gasteiger partial charge < -0.3 is 9.32 Å². The molecule has 0 atom stereocenters. The van der Waals surface area contributed by atoms with Crippen LogP contribution in [-0.2, 0) is 18.5 Å².